The van der Waals surface area contributed by atoms with E-state index in [0.717, 1.165) is 0 Å². The Kier molecular flexibility index (Phi) is 10.5. The molecule has 0 aromatic carbocycles. The molecule has 0 saturated heterocycles. The summed E-state index contributed by atoms with van der Waals surface area (Å²) in [6, 6.07) is 0. The van der Waals surface area contributed by atoms with E-state index >= 15 is 0 Å². The van der Waals surface area contributed by atoms with Gasteiger partial charge in [-0.05, 0) is 20.3 Å². The Labute approximate surface area is 71.3 Å². The summed E-state index contributed by atoms with van der Waals surface area (Å²) in [6.07, 6.45) is 3.33. The third-order valence-electron chi connectivity index (χ3n) is 1.05. The molecular formula is C6H12Y. The van der Waals surface area contributed by atoms with Crippen molar-refractivity contribution >= 4 is 0 Å². The summed E-state index contributed by atoms with van der Waals surface area (Å²) < 4.78 is 0. The SMILES string of the molecule is C/C=C(\C)CC.[Y]. The summed E-state index contributed by atoms with van der Waals surface area (Å²) in [4.78, 5) is 0. The van der Waals surface area contributed by atoms with Crippen molar-refractivity contribution in [2.75, 3.05) is 0 Å². The van der Waals surface area contributed by atoms with Crippen LogP contribution in [0.25, 0.3) is 0 Å². The van der Waals surface area contributed by atoms with Gasteiger partial charge in [-0.3, -0.25) is 0 Å². The van der Waals surface area contributed by atoms with Crippen molar-refractivity contribution in [2.24, 2.45) is 0 Å². The van der Waals surface area contributed by atoms with Gasteiger partial charge in [0.2, 0.25) is 0 Å². The van der Waals surface area contributed by atoms with Crippen molar-refractivity contribution in [3.8, 4) is 0 Å². The standard InChI is InChI=1S/C6H12.Y/c1-4-6(3)5-2;/h4H,5H2,1-3H3;/b6-4+;. The molecule has 0 nitrogen and oxygen atoms in total. The molecule has 0 aromatic rings. The van der Waals surface area contributed by atoms with Crippen molar-refractivity contribution in [3.05, 3.63) is 11.6 Å². The van der Waals surface area contributed by atoms with Gasteiger partial charge >= 0.3 is 0 Å². The van der Waals surface area contributed by atoms with Crippen molar-refractivity contribution in [3.63, 3.8) is 0 Å². The summed E-state index contributed by atoms with van der Waals surface area (Å²) in [5.41, 5.74) is 1.47. The van der Waals surface area contributed by atoms with Gasteiger partial charge < -0.3 is 0 Å². The molecule has 0 aliphatic rings. The van der Waals surface area contributed by atoms with Crippen LogP contribution in [0.5, 0.6) is 0 Å². The first-order valence-corrected chi connectivity index (χ1v) is 2.43. The first-order valence-electron chi connectivity index (χ1n) is 2.43. The molecule has 0 aliphatic heterocycles. The molecule has 0 unspecified atom stereocenters. The van der Waals surface area contributed by atoms with Gasteiger partial charge in [-0.2, -0.15) is 0 Å². The fourth-order valence-electron chi connectivity index (χ4n) is 0.204. The van der Waals surface area contributed by atoms with E-state index in [1.165, 1.54) is 12.0 Å². The van der Waals surface area contributed by atoms with Crippen LogP contribution in [0.1, 0.15) is 27.2 Å². The monoisotopic (exact) mass is 173 g/mol. The molecule has 1 heteroatoms. The molecule has 39 valence electrons. The maximum Gasteiger partial charge on any atom is 0 e. The average Bonchev–Trinajstić information content (AvgIpc) is 1.65. The zero-order valence-electron chi connectivity index (χ0n) is 5.36. The number of allylic oxidation sites excluding steroid dienone is 2. The van der Waals surface area contributed by atoms with Gasteiger partial charge in [0.05, 0.1) is 0 Å². The molecule has 0 heterocycles. The van der Waals surface area contributed by atoms with Gasteiger partial charge in [-0.25, -0.2) is 0 Å². The van der Waals surface area contributed by atoms with Crippen molar-refractivity contribution in [1.29, 1.82) is 0 Å². The largest absolute Gasteiger partial charge is 0.0887 e. The maximum atomic E-state index is 2.16. The first-order chi connectivity index (χ1) is 2.81. The van der Waals surface area contributed by atoms with Crippen LogP contribution in [0.15, 0.2) is 11.6 Å². The van der Waals surface area contributed by atoms with Crippen LogP contribution >= 0.6 is 0 Å². The molecule has 0 amide bonds. The van der Waals surface area contributed by atoms with Gasteiger partial charge in [0.25, 0.3) is 0 Å². The summed E-state index contributed by atoms with van der Waals surface area (Å²) in [6.45, 7) is 6.37. The van der Waals surface area contributed by atoms with Crippen LogP contribution in [0, 0.1) is 0 Å². The zero-order valence-corrected chi connectivity index (χ0v) is 8.20. The Morgan fingerprint density at radius 2 is 2.00 bits per heavy atom. The maximum absolute atomic E-state index is 2.16. The molecular weight excluding hydrogens is 161 g/mol. The minimum atomic E-state index is 0. The quantitative estimate of drug-likeness (QED) is 0.534. The molecule has 0 fully saturated rings. The van der Waals surface area contributed by atoms with Gasteiger partial charge in [-0.15, -0.1) is 0 Å². The first kappa shape index (κ1) is 10.8. The Balaban J connectivity index is 0. The molecule has 0 atom stereocenters. The van der Waals surface area contributed by atoms with Crippen LogP contribution in [0.2, 0.25) is 0 Å². The average molecular weight is 173 g/mol. The number of hydrogen-bond acceptors (Lipinski definition) is 0. The predicted octanol–water partition coefficient (Wildman–Crippen LogP) is 2.36. The minimum Gasteiger partial charge on any atom is -0.0887 e. The van der Waals surface area contributed by atoms with E-state index < -0.39 is 0 Å². The van der Waals surface area contributed by atoms with Crippen LogP contribution in [-0.4, -0.2) is 0 Å². The van der Waals surface area contributed by atoms with Gasteiger partial charge in [0.15, 0.2) is 0 Å². The fraction of sp³-hybridized carbons (Fsp3) is 0.667. The van der Waals surface area contributed by atoms with Gasteiger partial charge in [-0.1, -0.05) is 18.6 Å². The second-order valence-electron chi connectivity index (χ2n) is 1.49. The number of rotatable bonds is 1. The number of hydrogen-bond donors (Lipinski definition) is 0. The van der Waals surface area contributed by atoms with Crippen molar-refractivity contribution in [2.45, 2.75) is 27.2 Å². The Morgan fingerprint density at radius 3 is 2.00 bits per heavy atom. The summed E-state index contributed by atoms with van der Waals surface area (Å²) in [5, 5.41) is 0. The van der Waals surface area contributed by atoms with E-state index in [0.29, 0.717) is 0 Å². The molecule has 7 heavy (non-hydrogen) atoms. The van der Waals surface area contributed by atoms with E-state index in [9.17, 15) is 0 Å². The summed E-state index contributed by atoms with van der Waals surface area (Å²) in [7, 11) is 0. The smallest absolute Gasteiger partial charge is 0 e. The van der Waals surface area contributed by atoms with Crippen LogP contribution < -0.4 is 0 Å². The molecule has 0 aromatic heterocycles. The third kappa shape index (κ3) is 6.84. The predicted molar refractivity (Wildman–Crippen MR) is 29.7 cm³/mol. The molecule has 0 saturated carbocycles. The van der Waals surface area contributed by atoms with E-state index in [1.54, 1.807) is 0 Å². The Hall–Kier alpha value is 0.844. The summed E-state index contributed by atoms with van der Waals surface area (Å²) >= 11 is 0. The molecule has 0 spiro atoms. The second kappa shape index (κ2) is 6.84. The molecule has 0 N–H and O–H groups in total. The van der Waals surface area contributed by atoms with Crippen LogP contribution in [-0.2, 0) is 32.7 Å². The van der Waals surface area contributed by atoms with Crippen LogP contribution in [0.3, 0.4) is 0 Å². The zero-order chi connectivity index (χ0) is 4.99. The van der Waals surface area contributed by atoms with Crippen molar-refractivity contribution in [1.82, 2.24) is 0 Å². The molecule has 0 rings (SSSR count). The topological polar surface area (TPSA) is 0 Å². The van der Waals surface area contributed by atoms with Crippen LogP contribution in [0.4, 0.5) is 0 Å². The minimum absolute atomic E-state index is 0. The fourth-order valence-corrected chi connectivity index (χ4v) is 0.204. The molecule has 0 bridgehead atoms. The molecule has 0 aliphatic carbocycles. The van der Waals surface area contributed by atoms with E-state index in [2.05, 4.69) is 26.8 Å². The Bertz CT molecular complexity index is 55.2. The van der Waals surface area contributed by atoms with E-state index in [1.807, 2.05) is 0 Å². The van der Waals surface area contributed by atoms with Gasteiger partial charge in [0, 0.05) is 32.7 Å². The second-order valence-corrected chi connectivity index (χ2v) is 1.49. The Morgan fingerprint density at radius 1 is 1.57 bits per heavy atom. The third-order valence-corrected chi connectivity index (χ3v) is 1.05. The molecule has 1 radical (unpaired) electrons. The van der Waals surface area contributed by atoms with E-state index in [4.69, 9.17) is 0 Å². The normalized spacial score (nSPS) is 10.4. The summed E-state index contributed by atoms with van der Waals surface area (Å²) in [5.74, 6) is 0. The van der Waals surface area contributed by atoms with Gasteiger partial charge in [0.1, 0.15) is 0 Å². The van der Waals surface area contributed by atoms with Crippen molar-refractivity contribution < 1.29 is 32.7 Å². The van der Waals surface area contributed by atoms with E-state index in [-0.39, 0.29) is 32.7 Å².